The molecule has 0 aliphatic heterocycles. The van der Waals surface area contributed by atoms with Crippen LogP contribution in [0.25, 0.3) is 0 Å². The Balaban J connectivity index is 2.07. The van der Waals surface area contributed by atoms with Gasteiger partial charge in [0.15, 0.2) is 0 Å². The molecule has 1 aromatic heterocycles. The van der Waals surface area contributed by atoms with Crippen molar-refractivity contribution in [1.82, 2.24) is 9.78 Å². The van der Waals surface area contributed by atoms with Crippen LogP contribution in [0.1, 0.15) is 17.3 Å². The molecule has 0 saturated carbocycles. The van der Waals surface area contributed by atoms with Gasteiger partial charge in [0.25, 0.3) is 11.7 Å². The van der Waals surface area contributed by atoms with E-state index in [2.05, 4.69) is 26.3 Å². The molecule has 0 fully saturated rings. The van der Waals surface area contributed by atoms with E-state index in [4.69, 9.17) is 0 Å². The van der Waals surface area contributed by atoms with Crippen molar-refractivity contribution in [1.29, 1.82) is 0 Å². The van der Waals surface area contributed by atoms with Gasteiger partial charge in [-0.15, -0.1) is 0 Å². The topological polar surface area (TPSA) is 64.0 Å². The second-order valence-electron chi connectivity index (χ2n) is 3.87. The first kappa shape index (κ1) is 13.5. The van der Waals surface area contributed by atoms with Gasteiger partial charge in [0.1, 0.15) is 0 Å². The summed E-state index contributed by atoms with van der Waals surface area (Å²) in [6, 6.07) is 6.63. The van der Waals surface area contributed by atoms with Crippen molar-refractivity contribution < 1.29 is 9.59 Å². The molecule has 6 heteroatoms. The van der Waals surface area contributed by atoms with E-state index in [0.29, 0.717) is 17.8 Å². The number of carbonyl (C=O) groups excluding carboxylic acids is 2. The highest BCUT2D eigenvalue weighted by atomic mass is 79.9. The summed E-state index contributed by atoms with van der Waals surface area (Å²) < 4.78 is 2.52. The average molecular weight is 322 g/mol. The Bertz CT molecular complexity index is 605. The van der Waals surface area contributed by atoms with Crippen molar-refractivity contribution >= 4 is 33.3 Å². The third-order valence-corrected chi connectivity index (χ3v) is 3.06. The minimum absolute atomic E-state index is 0.351. The van der Waals surface area contributed by atoms with Gasteiger partial charge < -0.3 is 5.32 Å². The summed E-state index contributed by atoms with van der Waals surface area (Å²) in [5, 5.41) is 6.54. The van der Waals surface area contributed by atoms with Crippen LogP contribution in [0.15, 0.2) is 41.1 Å². The van der Waals surface area contributed by atoms with Crippen molar-refractivity contribution in [2.45, 2.75) is 13.5 Å². The number of carbonyl (C=O) groups is 2. The van der Waals surface area contributed by atoms with E-state index in [1.54, 1.807) is 35.1 Å². The van der Waals surface area contributed by atoms with Gasteiger partial charge in [0, 0.05) is 22.8 Å². The van der Waals surface area contributed by atoms with Gasteiger partial charge in [-0.1, -0.05) is 15.9 Å². The van der Waals surface area contributed by atoms with Crippen LogP contribution in [0.2, 0.25) is 0 Å². The maximum absolute atomic E-state index is 11.9. The number of amides is 1. The molecule has 0 atom stereocenters. The Kier molecular flexibility index (Phi) is 4.11. The number of halogens is 1. The van der Waals surface area contributed by atoms with Gasteiger partial charge in [-0.25, -0.2) is 0 Å². The SMILES string of the molecule is CCn1cc(NC(=O)C(=O)c2ccc(Br)cc2)cn1. The number of nitrogens with zero attached hydrogens (tertiary/aromatic N) is 2. The first-order valence-electron chi connectivity index (χ1n) is 5.74. The van der Waals surface area contributed by atoms with Crippen molar-refractivity contribution in [3.05, 3.63) is 46.7 Å². The molecule has 1 amide bonds. The standard InChI is InChI=1S/C13H12BrN3O2/c1-2-17-8-11(7-15-17)16-13(19)12(18)9-3-5-10(14)6-4-9/h3-8H,2H2,1H3,(H,16,19). The molecular formula is C13H12BrN3O2. The third-order valence-electron chi connectivity index (χ3n) is 2.53. The summed E-state index contributed by atoms with van der Waals surface area (Å²) in [7, 11) is 0. The second-order valence-corrected chi connectivity index (χ2v) is 4.79. The fourth-order valence-electron chi connectivity index (χ4n) is 1.52. The minimum atomic E-state index is -0.669. The molecule has 1 heterocycles. The summed E-state index contributed by atoms with van der Waals surface area (Å²) in [6.07, 6.45) is 3.18. The number of hydrogen-bond donors (Lipinski definition) is 1. The molecule has 0 saturated heterocycles. The largest absolute Gasteiger partial charge is 0.316 e. The number of aromatic nitrogens is 2. The molecule has 0 bridgehead atoms. The highest BCUT2D eigenvalue weighted by molar-refractivity contribution is 9.10. The third kappa shape index (κ3) is 3.29. The highest BCUT2D eigenvalue weighted by Gasteiger charge is 2.16. The summed E-state index contributed by atoms with van der Waals surface area (Å²) >= 11 is 3.27. The Morgan fingerprint density at radius 1 is 1.32 bits per heavy atom. The van der Waals surface area contributed by atoms with Crippen LogP contribution in [-0.4, -0.2) is 21.5 Å². The summed E-state index contributed by atoms with van der Waals surface area (Å²) in [6.45, 7) is 2.64. The van der Waals surface area contributed by atoms with Crippen molar-refractivity contribution in [2.24, 2.45) is 0 Å². The number of rotatable bonds is 4. The first-order valence-corrected chi connectivity index (χ1v) is 6.53. The first-order chi connectivity index (χ1) is 9.10. The number of hydrogen-bond acceptors (Lipinski definition) is 3. The van der Waals surface area contributed by atoms with Crippen LogP contribution < -0.4 is 5.32 Å². The molecule has 19 heavy (non-hydrogen) atoms. The summed E-state index contributed by atoms with van der Waals surface area (Å²) in [4.78, 5) is 23.7. The molecule has 1 aromatic carbocycles. The van der Waals surface area contributed by atoms with Crippen LogP contribution in [0.5, 0.6) is 0 Å². The Labute approximate surface area is 118 Å². The summed E-state index contributed by atoms with van der Waals surface area (Å²) in [5.41, 5.74) is 0.862. The van der Waals surface area contributed by atoms with E-state index in [-0.39, 0.29) is 0 Å². The van der Waals surface area contributed by atoms with Gasteiger partial charge in [0.2, 0.25) is 0 Å². The number of aryl methyl sites for hydroxylation is 1. The molecule has 0 aliphatic carbocycles. The van der Waals surface area contributed by atoms with Crippen LogP contribution in [-0.2, 0) is 11.3 Å². The molecule has 1 N–H and O–H groups in total. The van der Waals surface area contributed by atoms with Gasteiger partial charge in [0.05, 0.1) is 11.9 Å². The average Bonchev–Trinajstić information content (AvgIpc) is 2.86. The fraction of sp³-hybridized carbons (Fsp3) is 0.154. The van der Waals surface area contributed by atoms with Gasteiger partial charge in [-0.05, 0) is 31.2 Å². The predicted octanol–water partition coefficient (Wildman–Crippen LogP) is 2.49. The summed E-state index contributed by atoms with van der Waals surface area (Å²) in [5.74, 6) is -1.24. The zero-order chi connectivity index (χ0) is 13.8. The molecule has 0 radical (unpaired) electrons. The van der Waals surface area contributed by atoms with E-state index in [9.17, 15) is 9.59 Å². The van der Waals surface area contributed by atoms with Gasteiger partial charge in [-0.3, -0.25) is 14.3 Å². The molecule has 2 aromatic rings. The minimum Gasteiger partial charge on any atom is -0.316 e. The lowest BCUT2D eigenvalue weighted by molar-refractivity contribution is -0.112. The van der Waals surface area contributed by atoms with E-state index in [0.717, 1.165) is 4.47 Å². The smallest absolute Gasteiger partial charge is 0.296 e. The second kappa shape index (κ2) is 5.79. The van der Waals surface area contributed by atoms with E-state index in [1.807, 2.05) is 6.92 Å². The lowest BCUT2D eigenvalue weighted by Crippen LogP contribution is -2.22. The Hall–Kier alpha value is -1.95. The number of anilines is 1. The normalized spacial score (nSPS) is 10.2. The van der Waals surface area contributed by atoms with Gasteiger partial charge >= 0.3 is 0 Å². The van der Waals surface area contributed by atoms with Gasteiger partial charge in [-0.2, -0.15) is 5.10 Å². The van der Waals surface area contributed by atoms with E-state index >= 15 is 0 Å². The Morgan fingerprint density at radius 3 is 2.58 bits per heavy atom. The zero-order valence-electron chi connectivity index (χ0n) is 10.3. The van der Waals surface area contributed by atoms with Crippen LogP contribution >= 0.6 is 15.9 Å². The lowest BCUT2D eigenvalue weighted by atomic mass is 10.1. The molecule has 5 nitrogen and oxygen atoms in total. The molecule has 0 aliphatic rings. The molecule has 0 unspecified atom stereocenters. The van der Waals surface area contributed by atoms with Crippen molar-refractivity contribution in [3.63, 3.8) is 0 Å². The monoisotopic (exact) mass is 321 g/mol. The molecular weight excluding hydrogens is 310 g/mol. The lowest BCUT2D eigenvalue weighted by Gasteiger charge is -2.02. The highest BCUT2D eigenvalue weighted by Crippen LogP contribution is 2.12. The maximum atomic E-state index is 11.9. The van der Waals surface area contributed by atoms with Crippen LogP contribution in [0, 0.1) is 0 Å². The number of Topliss-reactive ketones (excluding diaryl/α,β-unsaturated/α-hetero) is 1. The zero-order valence-corrected chi connectivity index (χ0v) is 11.8. The number of ketones is 1. The number of benzene rings is 1. The van der Waals surface area contributed by atoms with Crippen LogP contribution in [0.4, 0.5) is 5.69 Å². The fourth-order valence-corrected chi connectivity index (χ4v) is 1.79. The van der Waals surface area contributed by atoms with E-state index < -0.39 is 11.7 Å². The quantitative estimate of drug-likeness (QED) is 0.695. The van der Waals surface area contributed by atoms with Crippen molar-refractivity contribution in [3.8, 4) is 0 Å². The van der Waals surface area contributed by atoms with Crippen molar-refractivity contribution in [2.75, 3.05) is 5.32 Å². The van der Waals surface area contributed by atoms with E-state index in [1.165, 1.54) is 6.20 Å². The molecule has 98 valence electrons. The molecule has 0 spiro atoms. The Morgan fingerprint density at radius 2 is 2.00 bits per heavy atom. The predicted molar refractivity (Wildman–Crippen MR) is 75.0 cm³/mol. The molecule has 2 rings (SSSR count). The van der Waals surface area contributed by atoms with Crippen LogP contribution in [0.3, 0.4) is 0 Å². The number of nitrogens with one attached hydrogen (secondary N) is 1. The maximum Gasteiger partial charge on any atom is 0.296 e.